The normalized spacial score (nSPS) is 19.6. The molecule has 4 nitrogen and oxygen atoms in total. The van der Waals surface area contributed by atoms with Gasteiger partial charge in [-0.25, -0.2) is 5.90 Å². The smallest absolute Gasteiger partial charge is 0.167 e. The van der Waals surface area contributed by atoms with Gasteiger partial charge < -0.3 is 9.47 Å². The van der Waals surface area contributed by atoms with E-state index >= 15 is 0 Å². The highest BCUT2D eigenvalue weighted by Gasteiger charge is 2.19. The molecule has 1 aromatic carbocycles. The summed E-state index contributed by atoms with van der Waals surface area (Å²) in [6, 6.07) is 5.75. The molecule has 2 N–H and O–H groups in total. The first kappa shape index (κ1) is 13.5. The Bertz CT molecular complexity index is 380. The average molecular weight is 269 g/mol. The van der Waals surface area contributed by atoms with Gasteiger partial charge in [0.2, 0.25) is 0 Å². The van der Waals surface area contributed by atoms with Gasteiger partial charge in [-0.3, -0.25) is 4.84 Å². The van der Waals surface area contributed by atoms with Crippen molar-refractivity contribution in [2.24, 2.45) is 5.90 Å². The van der Waals surface area contributed by atoms with Crippen LogP contribution in [0.4, 0.5) is 0 Å². The van der Waals surface area contributed by atoms with E-state index in [1.165, 1.54) is 12.2 Å². The fourth-order valence-electron chi connectivity index (χ4n) is 2.03. The van der Waals surface area contributed by atoms with Crippen molar-refractivity contribution >= 4 is 11.8 Å². The van der Waals surface area contributed by atoms with Crippen LogP contribution in [0, 0.1) is 0 Å². The molecule has 18 heavy (non-hydrogen) atoms. The molecule has 1 heterocycles. The summed E-state index contributed by atoms with van der Waals surface area (Å²) in [6.07, 6.45) is 2.54. The van der Waals surface area contributed by atoms with Crippen LogP contribution >= 0.6 is 11.8 Å². The van der Waals surface area contributed by atoms with Gasteiger partial charge in [-0.05, 0) is 24.7 Å². The van der Waals surface area contributed by atoms with Gasteiger partial charge in [0.15, 0.2) is 11.5 Å². The van der Waals surface area contributed by atoms with E-state index in [1.807, 2.05) is 30.0 Å². The molecule has 0 spiro atoms. The Balaban J connectivity index is 2.16. The number of nitrogens with two attached hydrogens (primary N) is 1. The quantitative estimate of drug-likeness (QED) is 0.832. The first-order chi connectivity index (χ1) is 8.85. The van der Waals surface area contributed by atoms with Gasteiger partial charge in [0.05, 0.1) is 13.7 Å². The van der Waals surface area contributed by atoms with Crippen molar-refractivity contribution < 1.29 is 14.3 Å². The zero-order valence-electron chi connectivity index (χ0n) is 10.6. The molecule has 0 aromatic heterocycles. The highest BCUT2D eigenvalue weighted by atomic mass is 32.2. The number of ether oxygens (including phenoxy) is 2. The van der Waals surface area contributed by atoms with Crippen molar-refractivity contribution in [1.82, 2.24) is 0 Å². The summed E-state index contributed by atoms with van der Waals surface area (Å²) in [5, 5.41) is 0. The molecule has 1 unspecified atom stereocenters. The second-order valence-corrected chi connectivity index (χ2v) is 5.37. The molecule has 1 aliphatic rings. The zero-order chi connectivity index (χ0) is 12.8. The molecule has 0 aliphatic carbocycles. The summed E-state index contributed by atoms with van der Waals surface area (Å²) < 4.78 is 11.4. The number of hydrogen-bond acceptors (Lipinski definition) is 5. The number of hydrogen-bond donors (Lipinski definition) is 1. The van der Waals surface area contributed by atoms with Crippen molar-refractivity contribution in [2.45, 2.75) is 25.6 Å². The van der Waals surface area contributed by atoms with Gasteiger partial charge >= 0.3 is 0 Å². The number of thioether (sulfide) groups is 1. The van der Waals surface area contributed by atoms with Crippen LogP contribution in [0.25, 0.3) is 0 Å². The van der Waals surface area contributed by atoms with Crippen molar-refractivity contribution in [1.29, 1.82) is 0 Å². The molecule has 0 saturated carbocycles. The van der Waals surface area contributed by atoms with Crippen molar-refractivity contribution in [3.63, 3.8) is 0 Å². The SMILES string of the molecule is COc1cccc(CON)c1OC1CCCSC1. The summed E-state index contributed by atoms with van der Waals surface area (Å²) in [7, 11) is 1.64. The fourth-order valence-corrected chi connectivity index (χ4v) is 3.07. The summed E-state index contributed by atoms with van der Waals surface area (Å²) in [4.78, 5) is 4.72. The lowest BCUT2D eigenvalue weighted by Crippen LogP contribution is -2.24. The molecular formula is C13H19NO3S. The number of rotatable bonds is 5. The largest absolute Gasteiger partial charge is 0.493 e. The third-order valence-electron chi connectivity index (χ3n) is 2.92. The molecule has 1 atom stereocenters. The van der Waals surface area contributed by atoms with Gasteiger partial charge in [-0.1, -0.05) is 12.1 Å². The van der Waals surface area contributed by atoms with Crippen LogP contribution in [0.3, 0.4) is 0 Å². The minimum absolute atomic E-state index is 0.247. The van der Waals surface area contributed by atoms with Crippen LogP contribution in [-0.2, 0) is 11.4 Å². The van der Waals surface area contributed by atoms with Crippen LogP contribution in [0.5, 0.6) is 11.5 Å². The van der Waals surface area contributed by atoms with E-state index in [9.17, 15) is 0 Å². The molecule has 2 rings (SSSR count). The lowest BCUT2D eigenvalue weighted by Gasteiger charge is -2.25. The van der Waals surface area contributed by atoms with E-state index in [4.69, 9.17) is 20.2 Å². The minimum Gasteiger partial charge on any atom is -0.493 e. The summed E-state index contributed by atoms with van der Waals surface area (Å²) in [6.45, 7) is 0.326. The number of methoxy groups -OCH3 is 1. The minimum atomic E-state index is 0.247. The van der Waals surface area contributed by atoms with Crippen LogP contribution in [0.2, 0.25) is 0 Å². The Morgan fingerprint density at radius 2 is 2.33 bits per heavy atom. The second-order valence-electron chi connectivity index (χ2n) is 4.22. The Hall–Kier alpha value is -0.910. The van der Waals surface area contributed by atoms with Gasteiger partial charge in [0.25, 0.3) is 0 Å². The Labute approximate surface area is 112 Å². The molecule has 0 bridgehead atoms. The first-order valence-corrected chi connectivity index (χ1v) is 7.22. The predicted octanol–water partition coefficient (Wildman–Crippen LogP) is 2.36. The van der Waals surface area contributed by atoms with Gasteiger partial charge in [0.1, 0.15) is 6.10 Å². The summed E-state index contributed by atoms with van der Waals surface area (Å²) >= 11 is 1.93. The first-order valence-electron chi connectivity index (χ1n) is 6.07. The van der Waals surface area contributed by atoms with Gasteiger partial charge in [0, 0.05) is 11.3 Å². The highest BCUT2D eigenvalue weighted by Crippen LogP contribution is 2.34. The molecule has 100 valence electrons. The predicted molar refractivity (Wildman–Crippen MR) is 72.9 cm³/mol. The van der Waals surface area contributed by atoms with Crippen molar-refractivity contribution in [3.05, 3.63) is 23.8 Å². The molecule has 5 heteroatoms. The average Bonchev–Trinajstić information content (AvgIpc) is 2.42. The maximum absolute atomic E-state index is 6.08. The topological polar surface area (TPSA) is 53.7 Å². The van der Waals surface area contributed by atoms with Crippen molar-refractivity contribution in [2.75, 3.05) is 18.6 Å². The second kappa shape index (κ2) is 6.87. The zero-order valence-corrected chi connectivity index (χ0v) is 11.4. The summed E-state index contributed by atoms with van der Waals surface area (Å²) in [5.41, 5.74) is 0.924. The van der Waals surface area contributed by atoms with E-state index in [2.05, 4.69) is 0 Å². The van der Waals surface area contributed by atoms with Crippen LogP contribution in [0.1, 0.15) is 18.4 Å². The van der Waals surface area contributed by atoms with Gasteiger partial charge in [-0.2, -0.15) is 11.8 Å². The molecule has 0 amide bonds. The monoisotopic (exact) mass is 269 g/mol. The van der Waals surface area contributed by atoms with Crippen LogP contribution in [0.15, 0.2) is 18.2 Å². The van der Waals surface area contributed by atoms with E-state index in [0.29, 0.717) is 6.61 Å². The van der Waals surface area contributed by atoms with Crippen molar-refractivity contribution in [3.8, 4) is 11.5 Å². The number of para-hydroxylation sites is 1. The maximum Gasteiger partial charge on any atom is 0.167 e. The standard InChI is InChI=1S/C13H19NO3S/c1-15-12-6-2-4-10(8-16-14)13(12)17-11-5-3-7-18-9-11/h2,4,6,11H,3,5,7-9,14H2,1H3. The third-order valence-corrected chi connectivity index (χ3v) is 4.11. The van der Waals surface area contributed by atoms with E-state index in [0.717, 1.165) is 29.2 Å². The third kappa shape index (κ3) is 3.31. The Kier molecular flexibility index (Phi) is 5.16. The lowest BCUT2D eigenvalue weighted by molar-refractivity contribution is 0.117. The molecule has 1 aliphatic heterocycles. The Morgan fingerprint density at radius 3 is 3.00 bits per heavy atom. The van der Waals surface area contributed by atoms with Crippen LogP contribution < -0.4 is 15.4 Å². The molecular weight excluding hydrogens is 250 g/mol. The molecule has 1 fully saturated rings. The highest BCUT2D eigenvalue weighted by molar-refractivity contribution is 7.99. The molecule has 1 aromatic rings. The fraction of sp³-hybridized carbons (Fsp3) is 0.538. The van der Waals surface area contributed by atoms with E-state index < -0.39 is 0 Å². The molecule has 0 radical (unpaired) electrons. The lowest BCUT2D eigenvalue weighted by atomic mass is 10.1. The Morgan fingerprint density at radius 1 is 1.44 bits per heavy atom. The number of benzene rings is 1. The van der Waals surface area contributed by atoms with E-state index in [1.54, 1.807) is 7.11 Å². The molecule has 1 saturated heterocycles. The van der Waals surface area contributed by atoms with Gasteiger partial charge in [-0.15, -0.1) is 0 Å². The van der Waals surface area contributed by atoms with E-state index in [-0.39, 0.29) is 6.10 Å². The van der Waals surface area contributed by atoms with Crippen LogP contribution in [-0.4, -0.2) is 24.7 Å². The summed E-state index contributed by atoms with van der Waals surface area (Å²) in [5.74, 6) is 8.91. The maximum atomic E-state index is 6.08.